The highest BCUT2D eigenvalue weighted by molar-refractivity contribution is 7.23. The number of hydrogen-bond donors (Lipinski definition) is 2. The molecule has 0 spiro atoms. The Morgan fingerprint density at radius 2 is 1.94 bits per heavy atom. The van der Waals surface area contributed by atoms with Gasteiger partial charge in [0.05, 0.1) is 15.9 Å². The van der Waals surface area contributed by atoms with Gasteiger partial charge in [0.1, 0.15) is 0 Å². The molecule has 2 heterocycles. The van der Waals surface area contributed by atoms with Crippen molar-refractivity contribution in [3.05, 3.63) is 66.4 Å². The van der Waals surface area contributed by atoms with Gasteiger partial charge in [0.2, 0.25) is 0 Å². The highest BCUT2D eigenvalue weighted by Crippen LogP contribution is 2.31. The lowest BCUT2D eigenvalue weighted by Gasteiger charge is -2.18. The topological polar surface area (TPSA) is 44.6 Å². The zero-order chi connectivity index (χ0) is 23.5. The van der Waals surface area contributed by atoms with Crippen molar-refractivity contribution >= 4 is 32.2 Å². The zero-order valence-corrected chi connectivity index (χ0v) is 21.1. The maximum atomic E-state index is 4.93. The molecule has 0 atom stereocenters. The Hall–Kier alpha value is -2.67. The van der Waals surface area contributed by atoms with Crippen LogP contribution in [-0.4, -0.2) is 46.5 Å². The van der Waals surface area contributed by atoms with E-state index >= 15 is 0 Å². The fourth-order valence-corrected chi connectivity index (χ4v) is 5.40. The molecule has 4 aromatic rings. The number of rotatable bonds is 12. The number of hydrogen-bond acceptors (Lipinski definition) is 5. The number of aromatic nitrogens is 2. The average molecular weight is 474 g/mol. The maximum Gasteiger partial charge on any atom is 0.195 e. The summed E-state index contributed by atoms with van der Waals surface area (Å²) in [5, 5.41) is 7.08. The van der Waals surface area contributed by atoms with E-state index in [-0.39, 0.29) is 0 Å². The summed E-state index contributed by atoms with van der Waals surface area (Å²) in [6, 6.07) is 16.1. The number of benzene rings is 2. The molecule has 1 aliphatic carbocycles. The molecule has 0 saturated heterocycles. The number of nitrogens with zero attached hydrogens (tertiary/aromatic N) is 3. The van der Waals surface area contributed by atoms with Crippen molar-refractivity contribution in [2.24, 2.45) is 0 Å². The van der Waals surface area contributed by atoms with Gasteiger partial charge >= 0.3 is 0 Å². The molecule has 2 N–H and O–H groups in total. The van der Waals surface area contributed by atoms with Crippen molar-refractivity contribution in [1.29, 1.82) is 0 Å². The van der Waals surface area contributed by atoms with Gasteiger partial charge in [-0.1, -0.05) is 62.1 Å². The molecule has 0 unspecified atom stereocenters. The van der Waals surface area contributed by atoms with Crippen LogP contribution in [0.4, 0.5) is 0 Å². The first-order valence-corrected chi connectivity index (χ1v) is 13.4. The second-order valence-electron chi connectivity index (χ2n) is 9.20. The highest BCUT2D eigenvalue weighted by atomic mass is 32.1. The summed E-state index contributed by atoms with van der Waals surface area (Å²) in [5.41, 5.74) is 6.86. The number of fused-ring (bicyclic) bond motifs is 3. The Labute approximate surface area is 206 Å². The third-order valence-electron chi connectivity index (χ3n) is 6.75. The van der Waals surface area contributed by atoms with Gasteiger partial charge in [-0.3, -0.25) is 4.40 Å². The first kappa shape index (κ1) is 23.1. The first-order chi connectivity index (χ1) is 16.6. The standard InChI is InChI=1S/C28H35N5S/c1-4-32(5-2)16-6-15-29-20(3)23-11-14-26-27(17-23)34-28-31-25(19-33(26)28)22-9-7-21(8-10-22)18-30-24-12-13-24/h7-11,14,17,19,24,29-30H,3-6,12-13,15-16,18H2,1-2H3. The van der Waals surface area contributed by atoms with E-state index in [0.717, 1.165) is 72.7 Å². The molecule has 1 fully saturated rings. The minimum Gasteiger partial charge on any atom is -0.385 e. The zero-order valence-electron chi connectivity index (χ0n) is 20.3. The second-order valence-corrected chi connectivity index (χ2v) is 10.2. The van der Waals surface area contributed by atoms with Crippen LogP contribution in [0.2, 0.25) is 0 Å². The molecule has 178 valence electrons. The molecule has 6 heteroatoms. The van der Waals surface area contributed by atoms with E-state index in [1.165, 1.54) is 28.6 Å². The molecule has 5 nitrogen and oxygen atoms in total. The molecule has 1 saturated carbocycles. The molecule has 0 bridgehead atoms. The summed E-state index contributed by atoms with van der Waals surface area (Å²) >= 11 is 1.73. The summed E-state index contributed by atoms with van der Waals surface area (Å²) in [6.07, 6.45) is 5.92. The first-order valence-electron chi connectivity index (χ1n) is 12.5. The molecule has 0 amide bonds. The van der Waals surface area contributed by atoms with Gasteiger partial charge in [0.25, 0.3) is 0 Å². The summed E-state index contributed by atoms with van der Waals surface area (Å²) in [7, 11) is 0. The van der Waals surface area contributed by atoms with Crippen LogP contribution < -0.4 is 10.6 Å². The van der Waals surface area contributed by atoms with Gasteiger partial charge in [-0.15, -0.1) is 0 Å². The van der Waals surface area contributed by atoms with Crippen LogP contribution in [0.5, 0.6) is 0 Å². The molecule has 0 radical (unpaired) electrons. The third kappa shape index (κ3) is 5.19. The van der Waals surface area contributed by atoms with Crippen LogP contribution in [-0.2, 0) is 6.54 Å². The van der Waals surface area contributed by atoms with Crippen molar-refractivity contribution in [3.8, 4) is 11.3 Å². The van der Waals surface area contributed by atoms with E-state index in [0.29, 0.717) is 0 Å². The summed E-state index contributed by atoms with van der Waals surface area (Å²) < 4.78 is 3.45. The monoisotopic (exact) mass is 473 g/mol. The SMILES string of the molecule is C=C(NCCCN(CC)CC)c1ccc2c(c1)sc1nc(-c3ccc(CNC4CC4)cc3)cn12. The van der Waals surface area contributed by atoms with E-state index in [9.17, 15) is 0 Å². The van der Waals surface area contributed by atoms with Crippen LogP contribution in [0.1, 0.15) is 44.2 Å². The highest BCUT2D eigenvalue weighted by Gasteiger charge is 2.20. The molecule has 1 aliphatic rings. The largest absolute Gasteiger partial charge is 0.385 e. The van der Waals surface area contributed by atoms with Gasteiger partial charge in [-0.2, -0.15) is 0 Å². The van der Waals surface area contributed by atoms with E-state index < -0.39 is 0 Å². The summed E-state index contributed by atoms with van der Waals surface area (Å²) in [5.74, 6) is 0. The lowest BCUT2D eigenvalue weighted by Crippen LogP contribution is -2.26. The van der Waals surface area contributed by atoms with Gasteiger partial charge in [-0.25, -0.2) is 4.98 Å². The smallest absolute Gasteiger partial charge is 0.195 e. The van der Waals surface area contributed by atoms with Crippen LogP contribution >= 0.6 is 11.3 Å². The van der Waals surface area contributed by atoms with Crippen molar-refractivity contribution < 1.29 is 0 Å². The van der Waals surface area contributed by atoms with Crippen molar-refractivity contribution in [1.82, 2.24) is 24.9 Å². The predicted octanol–water partition coefficient (Wildman–Crippen LogP) is 5.76. The number of nitrogens with one attached hydrogen (secondary N) is 2. The molecule has 5 rings (SSSR count). The van der Waals surface area contributed by atoms with E-state index in [1.807, 2.05) is 0 Å². The second kappa shape index (κ2) is 10.3. The molecule has 34 heavy (non-hydrogen) atoms. The molecular weight excluding hydrogens is 438 g/mol. The minimum absolute atomic E-state index is 0.735. The van der Waals surface area contributed by atoms with Crippen LogP contribution in [0, 0.1) is 0 Å². The van der Waals surface area contributed by atoms with Gasteiger partial charge in [-0.05, 0) is 62.2 Å². The Morgan fingerprint density at radius 1 is 1.15 bits per heavy atom. The quantitative estimate of drug-likeness (QED) is 0.257. The van der Waals surface area contributed by atoms with Gasteiger partial charge in [0, 0.05) is 36.6 Å². The van der Waals surface area contributed by atoms with E-state index in [2.05, 4.69) is 89.0 Å². The van der Waals surface area contributed by atoms with E-state index in [4.69, 9.17) is 4.98 Å². The normalized spacial score (nSPS) is 13.9. The summed E-state index contributed by atoms with van der Waals surface area (Å²) in [6.45, 7) is 13.9. The Balaban J connectivity index is 1.25. The van der Waals surface area contributed by atoms with Crippen molar-refractivity contribution in [2.45, 2.75) is 45.7 Å². The van der Waals surface area contributed by atoms with Crippen LogP contribution in [0.25, 0.3) is 32.1 Å². The maximum absolute atomic E-state index is 4.93. The predicted molar refractivity (Wildman–Crippen MR) is 145 cm³/mol. The molecule has 2 aromatic carbocycles. The molecule has 2 aromatic heterocycles. The van der Waals surface area contributed by atoms with Crippen LogP contribution in [0.3, 0.4) is 0 Å². The van der Waals surface area contributed by atoms with Crippen molar-refractivity contribution in [2.75, 3.05) is 26.2 Å². The Morgan fingerprint density at radius 3 is 2.68 bits per heavy atom. The fraction of sp³-hybridized carbons (Fsp3) is 0.393. The number of imidazole rings is 1. The number of thiazole rings is 1. The minimum atomic E-state index is 0.735. The fourth-order valence-electron chi connectivity index (χ4n) is 4.35. The Kier molecular flexibility index (Phi) is 6.99. The van der Waals surface area contributed by atoms with Gasteiger partial charge < -0.3 is 15.5 Å². The van der Waals surface area contributed by atoms with Gasteiger partial charge in [0.15, 0.2) is 4.96 Å². The molecule has 0 aliphatic heterocycles. The lowest BCUT2D eigenvalue weighted by molar-refractivity contribution is 0.300. The van der Waals surface area contributed by atoms with E-state index in [1.54, 1.807) is 11.3 Å². The van der Waals surface area contributed by atoms with Crippen LogP contribution in [0.15, 0.2) is 55.2 Å². The average Bonchev–Trinajstić information content (AvgIpc) is 3.51. The molecular formula is C28H35N5S. The Bertz CT molecular complexity index is 1260. The van der Waals surface area contributed by atoms with Crippen molar-refractivity contribution in [3.63, 3.8) is 0 Å². The third-order valence-corrected chi connectivity index (χ3v) is 7.77. The lowest BCUT2D eigenvalue weighted by atomic mass is 10.1. The summed E-state index contributed by atoms with van der Waals surface area (Å²) in [4.78, 5) is 8.40.